The summed E-state index contributed by atoms with van der Waals surface area (Å²) >= 11 is 0. The molecule has 1 saturated heterocycles. The summed E-state index contributed by atoms with van der Waals surface area (Å²) in [5, 5.41) is 2.17. The van der Waals surface area contributed by atoms with E-state index in [9.17, 15) is 0 Å². The Morgan fingerprint density at radius 3 is 1.91 bits per heavy atom. The highest BCUT2D eigenvalue weighted by molar-refractivity contribution is 6.09. The molecular formula is C53H40N4O. The molecular weight excluding hydrogens is 709 g/mol. The fourth-order valence-corrected chi connectivity index (χ4v) is 10.1. The number of benzene rings is 7. The van der Waals surface area contributed by atoms with Crippen molar-refractivity contribution in [2.75, 3.05) is 16.5 Å². The molecule has 2 aromatic heterocycles. The number of nitrogens with zero attached hydrogens (tertiary/aromatic N) is 4. The van der Waals surface area contributed by atoms with E-state index in [0.717, 1.165) is 39.7 Å². The summed E-state index contributed by atoms with van der Waals surface area (Å²) in [4.78, 5) is 9.21. The van der Waals surface area contributed by atoms with E-state index >= 15 is 0 Å². The normalized spacial score (nSPS) is 21.6. The number of pyridine rings is 1. The molecule has 2 aliphatic carbocycles. The Kier molecular flexibility index (Phi) is 5.60. The van der Waals surface area contributed by atoms with Crippen molar-refractivity contribution < 1.29 is 18.4 Å². The summed E-state index contributed by atoms with van der Waals surface area (Å²) in [6.07, 6.45) is 2.62. The number of rotatable bonds is 7. The molecule has 1 aliphatic heterocycles. The summed E-state index contributed by atoms with van der Waals surface area (Å²) in [5.74, 6) is 2.16. The maximum absolute atomic E-state index is 9.16. The van der Waals surface area contributed by atoms with Crippen molar-refractivity contribution >= 4 is 33.2 Å². The minimum absolute atomic E-state index is 0.0178. The number of hydrogen-bond donors (Lipinski definition) is 0. The summed E-state index contributed by atoms with van der Waals surface area (Å²) in [5.41, 5.74) is 6.30. The van der Waals surface area contributed by atoms with Crippen molar-refractivity contribution in [1.82, 2.24) is 9.55 Å². The molecule has 0 amide bonds. The highest BCUT2D eigenvalue weighted by Crippen LogP contribution is 2.60. The third-order valence-electron chi connectivity index (χ3n) is 12.3. The van der Waals surface area contributed by atoms with Crippen LogP contribution in [0.3, 0.4) is 0 Å². The maximum atomic E-state index is 9.16. The molecule has 2 unspecified atom stereocenters. The predicted molar refractivity (Wildman–Crippen MR) is 236 cm³/mol. The molecule has 5 nitrogen and oxygen atoms in total. The van der Waals surface area contributed by atoms with Gasteiger partial charge in [0.25, 0.3) is 0 Å². The van der Waals surface area contributed by atoms with Gasteiger partial charge in [0.15, 0.2) is 0 Å². The largest absolute Gasteiger partial charge is 0.457 e. The smallest absolute Gasteiger partial charge is 0.137 e. The van der Waals surface area contributed by atoms with Crippen molar-refractivity contribution in [1.29, 1.82) is 0 Å². The van der Waals surface area contributed by atoms with Gasteiger partial charge in [-0.25, -0.2) is 4.98 Å². The Labute approximate surface area is 352 Å². The zero-order valence-electron chi connectivity index (χ0n) is 41.1. The first-order valence-corrected chi connectivity index (χ1v) is 19.5. The second-order valence-electron chi connectivity index (χ2n) is 15.2. The van der Waals surface area contributed by atoms with Crippen molar-refractivity contribution in [3.8, 4) is 39.6 Å². The maximum Gasteiger partial charge on any atom is 0.137 e. The van der Waals surface area contributed by atoms with Gasteiger partial charge in [0, 0.05) is 57.8 Å². The third kappa shape index (κ3) is 5.13. The zero-order valence-corrected chi connectivity index (χ0v) is 31.1. The summed E-state index contributed by atoms with van der Waals surface area (Å²) < 4.78 is 97.1. The first-order valence-electron chi connectivity index (χ1n) is 24.5. The first kappa shape index (κ1) is 24.5. The molecule has 1 saturated carbocycles. The highest BCUT2D eigenvalue weighted by Gasteiger charge is 2.59. The molecule has 58 heavy (non-hydrogen) atoms. The molecule has 5 heteroatoms. The number of ether oxygens (including phenoxy) is 1. The van der Waals surface area contributed by atoms with Crippen LogP contribution in [0.15, 0.2) is 194 Å². The Balaban J connectivity index is 1.02. The lowest BCUT2D eigenvalue weighted by atomic mass is 9.83. The summed E-state index contributed by atoms with van der Waals surface area (Å²) in [7, 11) is 0. The lowest BCUT2D eigenvalue weighted by Crippen LogP contribution is -2.41. The number of para-hydroxylation sites is 2. The van der Waals surface area contributed by atoms with Crippen LogP contribution in [0.25, 0.3) is 49.9 Å². The lowest BCUT2D eigenvalue weighted by molar-refractivity contribution is 0.482. The van der Waals surface area contributed by atoms with Crippen molar-refractivity contribution in [2.24, 2.45) is 0 Å². The Morgan fingerprint density at radius 1 is 0.552 bits per heavy atom. The number of aromatic nitrogens is 2. The molecule has 278 valence electrons. The van der Waals surface area contributed by atoms with Gasteiger partial charge in [0.05, 0.1) is 49.2 Å². The van der Waals surface area contributed by atoms with E-state index in [2.05, 4.69) is 55.7 Å². The molecule has 2 fully saturated rings. The van der Waals surface area contributed by atoms with Gasteiger partial charge in [-0.2, -0.15) is 0 Å². The number of hydrogen-bond acceptors (Lipinski definition) is 4. The monoisotopic (exact) mass is 758 g/mol. The fourth-order valence-electron chi connectivity index (χ4n) is 10.1. The molecule has 12 rings (SSSR count). The van der Waals surface area contributed by atoms with Crippen molar-refractivity contribution in [2.45, 2.75) is 30.3 Å². The third-order valence-corrected chi connectivity index (χ3v) is 12.3. The van der Waals surface area contributed by atoms with Crippen LogP contribution in [0.5, 0.6) is 11.5 Å². The molecule has 0 radical (unpaired) electrons. The fraction of sp³-hybridized carbons (Fsp3) is 0.113. The van der Waals surface area contributed by atoms with Gasteiger partial charge >= 0.3 is 0 Å². The van der Waals surface area contributed by atoms with Crippen molar-refractivity contribution in [3.63, 3.8) is 0 Å². The first-order chi connectivity index (χ1) is 32.9. The average Bonchev–Trinajstić information content (AvgIpc) is 4.13. The summed E-state index contributed by atoms with van der Waals surface area (Å²) in [6, 6.07) is 36.7. The van der Waals surface area contributed by atoms with Gasteiger partial charge in [-0.1, -0.05) is 133 Å². The molecule has 7 aromatic carbocycles. The Morgan fingerprint density at radius 2 is 1.19 bits per heavy atom. The van der Waals surface area contributed by atoms with Gasteiger partial charge in [0.1, 0.15) is 17.3 Å². The van der Waals surface area contributed by atoms with Crippen LogP contribution in [0, 0.1) is 0 Å². The molecule has 3 heterocycles. The van der Waals surface area contributed by atoms with Gasteiger partial charge in [-0.05, 0) is 71.1 Å². The topological polar surface area (TPSA) is 33.5 Å². The Hall–Kier alpha value is -7.11. The van der Waals surface area contributed by atoms with Gasteiger partial charge < -0.3 is 14.5 Å². The highest BCUT2D eigenvalue weighted by atomic mass is 16.5. The van der Waals surface area contributed by atoms with Crippen LogP contribution in [0.2, 0.25) is 0 Å². The second kappa shape index (κ2) is 13.2. The van der Waals surface area contributed by atoms with Crippen LogP contribution >= 0.6 is 0 Å². The van der Waals surface area contributed by atoms with E-state index in [1.165, 1.54) is 11.1 Å². The quantitative estimate of drug-likeness (QED) is 0.162. The molecule has 4 atom stereocenters. The van der Waals surface area contributed by atoms with E-state index in [1.807, 2.05) is 72.8 Å². The molecule has 0 spiro atoms. The molecule has 3 aliphatic rings. The van der Waals surface area contributed by atoms with Gasteiger partial charge in [-0.3, -0.25) is 4.57 Å². The van der Waals surface area contributed by atoms with Crippen LogP contribution < -0.4 is 14.5 Å². The minimum Gasteiger partial charge on any atom is -0.457 e. The van der Waals surface area contributed by atoms with E-state index < -0.39 is 60.4 Å². The van der Waals surface area contributed by atoms with E-state index in [-0.39, 0.29) is 41.7 Å². The molecule has 0 N–H and O–H groups in total. The second-order valence-corrected chi connectivity index (χ2v) is 15.2. The van der Waals surface area contributed by atoms with Crippen LogP contribution in [-0.2, 0) is 0 Å². The van der Waals surface area contributed by atoms with Crippen LogP contribution in [0.1, 0.15) is 43.1 Å². The van der Waals surface area contributed by atoms with Gasteiger partial charge in [0.2, 0.25) is 0 Å². The average molecular weight is 759 g/mol. The van der Waals surface area contributed by atoms with Crippen LogP contribution in [-0.4, -0.2) is 28.3 Å². The lowest BCUT2D eigenvalue weighted by Gasteiger charge is -2.36. The number of anilines is 2. The van der Waals surface area contributed by atoms with Crippen molar-refractivity contribution in [3.05, 3.63) is 205 Å². The molecule has 9 aromatic rings. The Bertz CT molecular complexity index is 3440. The van der Waals surface area contributed by atoms with Gasteiger partial charge in [-0.15, -0.1) is 0 Å². The zero-order chi connectivity index (χ0) is 46.9. The summed E-state index contributed by atoms with van der Waals surface area (Å²) in [6.45, 7) is 0.261. The van der Waals surface area contributed by atoms with E-state index in [4.69, 9.17) is 18.4 Å². The van der Waals surface area contributed by atoms with E-state index in [1.54, 1.807) is 24.4 Å². The molecule has 2 bridgehead atoms. The predicted octanol–water partition coefficient (Wildman–Crippen LogP) is 12.6. The number of fused-ring (bicyclic) bond motifs is 11. The van der Waals surface area contributed by atoms with E-state index in [0.29, 0.717) is 28.3 Å². The van der Waals surface area contributed by atoms with Crippen LogP contribution in [0.4, 0.5) is 11.4 Å². The standard InChI is InChI=1S/C53H40N4O/c1-3-15-35(16-4-1)40-24-14-25-41(36-17-5-2-6-18-36)51(40)56-34-55(52-46-33-47(53(52)56)43-22-8-7-21-42(43)46)37-19-13-20-38(31-37)58-39-28-29-45-44-23-9-10-26-48(44)57(49(45)32-39)50-27-11-12-30-54-50/h1-32,46-47,52-53H,33-34H2/t46-,47+,52?,53?/m1/s1/i1D,2D,3D,4D,5D,6D,15D,16D,17D,18D. The minimum atomic E-state index is -0.526. The SMILES string of the molecule is [2H]c1c([2H])c([2H])c(-c2cccc(-c3c([2H])c([2H])c([2H])c([2H])c3[2H])c2N2CN(c3cccc(Oc4ccc5c6ccccc6n(-c6ccccn6)c5c4)c3)C3C2[C@H]2C[C@@H]3c3ccccc32)c([2H])c1[2H].